The van der Waals surface area contributed by atoms with Crippen molar-refractivity contribution in [2.24, 2.45) is 11.3 Å². The van der Waals surface area contributed by atoms with Crippen LogP contribution in [0, 0.1) is 18.3 Å². The van der Waals surface area contributed by atoms with Crippen molar-refractivity contribution in [1.82, 2.24) is 35.9 Å². The number of rotatable bonds is 17. The first-order chi connectivity index (χ1) is 25.5. The monoisotopic (exact) mass is 763 g/mol. The highest BCUT2D eigenvalue weighted by Crippen LogP contribution is 2.24. The zero-order valence-corrected chi connectivity index (χ0v) is 32.7. The molecule has 1 saturated heterocycles. The Kier molecular flexibility index (Phi) is 14.8. The minimum absolute atomic E-state index is 0.114. The maximum Gasteiger partial charge on any atom is 0.405 e. The molecule has 1 aliphatic heterocycles. The van der Waals surface area contributed by atoms with Crippen molar-refractivity contribution in [1.29, 1.82) is 0 Å². The number of urea groups is 1. The molecule has 5 atom stereocenters. The summed E-state index contributed by atoms with van der Waals surface area (Å²) in [4.78, 5) is 61.3. The molecule has 1 aromatic heterocycles. The summed E-state index contributed by atoms with van der Waals surface area (Å²) in [5.41, 5.74) is 5.25. The molecule has 4 rings (SSSR count). The quantitative estimate of drug-likeness (QED) is 0.120. The van der Waals surface area contributed by atoms with Gasteiger partial charge in [-0.05, 0) is 60.1 Å². The number of aliphatic hydroxyl groups excluding tert-OH is 1. The molecule has 3 aromatic rings. The fourth-order valence-electron chi connectivity index (χ4n) is 6.62. The number of halogens is 1. The van der Waals surface area contributed by atoms with E-state index < -0.39 is 47.6 Å². The van der Waals surface area contributed by atoms with Crippen molar-refractivity contribution in [3.8, 4) is 0 Å². The summed E-state index contributed by atoms with van der Waals surface area (Å²) >= 11 is 6.28. The van der Waals surface area contributed by atoms with Gasteiger partial charge in [-0.2, -0.15) is 0 Å². The molecule has 2 aromatic carbocycles. The third-order valence-corrected chi connectivity index (χ3v) is 9.87. The van der Waals surface area contributed by atoms with Gasteiger partial charge in [0.25, 0.3) is 5.91 Å². The summed E-state index contributed by atoms with van der Waals surface area (Å²) in [6.45, 7) is 12.1. The van der Waals surface area contributed by atoms with Crippen LogP contribution in [0.1, 0.15) is 63.6 Å². The Morgan fingerprint density at radius 2 is 1.65 bits per heavy atom. The van der Waals surface area contributed by atoms with Crippen molar-refractivity contribution in [2.45, 2.75) is 91.7 Å². The Labute approximate surface area is 323 Å². The highest BCUT2D eigenvalue weighted by Gasteiger charge is 2.41. The van der Waals surface area contributed by atoms with Gasteiger partial charge in [0.2, 0.25) is 5.91 Å². The highest BCUT2D eigenvalue weighted by molar-refractivity contribution is 6.30. The predicted molar refractivity (Wildman–Crippen MR) is 207 cm³/mol. The first-order valence-corrected chi connectivity index (χ1v) is 18.7. The topological polar surface area (TPSA) is 167 Å². The second kappa shape index (κ2) is 19.0. The third-order valence-electron chi connectivity index (χ3n) is 9.64. The van der Waals surface area contributed by atoms with Crippen LogP contribution in [0.2, 0.25) is 5.02 Å². The van der Waals surface area contributed by atoms with Crippen LogP contribution in [-0.4, -0.2) is 97.8 Å². The van der Waals surface area contributed by atoms with E-state index in [0.29, 0.717) is 31.1 Å². The molecule has 1 fully saturated rings. The first-order valence-electron chi connectivity index (χ1n) is 18.4. The standard InChI is InChI=1S/C40H54ClN7O6/c1-7-26(2)34(48-20-19-46(39(48)54)24-31-18-11-13-27(3)42-31)36(50)43-32(22-28-14-9-8-10-15-28)33(49)25-47(23-29-16-12-17-30(41)21-29)45-37(51)35(40(4,5)6)44-38(52)53/h8-18,21,26,32-35,44,49H,7,19-20,22-25H2,1-6H3,(H,43,50)(H,45,51)(H,52,53)/t26-,32-,33-,34-,35+/m0/s1. The molecule has 1 aliphatic rings. The Hall–Kier alpha value is -4.72. The van der Waals surface area contributed by atoms with Gasteiger partial charge in [0.15, 0.2) is 0 Å². The lowest BCUT2D eigenvalue weighted by Crippen LogP contribution is -2.60. The second-order valence-corrected chi connectivity index (χ2v) is 15.5. The predicted octanol–water partition coefficient (Wildman–Crippen LogP) is 5.00. The third kappa shape index (κ3) is 11.9. The van der Waals surface area contributed by atoms with Gasteiger partial charge in [0.1, 0.15) is 12.1 Å². The minimum atomic E-state index is -1.35. The van der Waals surface area contributed by atoms with Crippen molar-refractivity contribution >= 4 is 35.5 Å². The number of carbonyl (C=O) groups excluding carboxylic acids is 3. The number of pyridine rings is 1. The zero-order chi connectivity index (χ0) is 39.6. The Morgan fingerprint density at radius 3 is 2.28 bits per heavy atom. The van der Waals surface area contributed by atoms with E-state index in [1.165, 1.54) is 5.01 Å². The molecule has 0 spiro atoms. The minimum Gasteiger partial charge on any atom is -0.465 e. The number of benzene rings is 2. The Bertz CT molecular complexity index is 1740. The van der Waals surface area contributed by atoms with E-state index in [9.17, 15) is 29.4 Å². The van der Waals surface area contributed by atoms with Gasteiger partial charge in [-0.1, -0.05) is 101 Å². The number of aromatic nitrogens is 1. The van der Waals surface area contributed by atoms with Gasteiger partial charge < -0.3 is 30.6 Å². The number of aliphatic hydroxyl groups is 1. The van der Waals surface area contributed by atoms with Gasteiger partial charge in [0.05, 0.1) is 24.4 Å². The SMILES string of the molecule is CC[C@H](C)[C@@H](C(=O)N[C@@H](Cc1ccccc1)[C@@H](O)CN(Cc1cccc(Cl)c1)NC(=O)[C@@H](NC(=O)O)C(C)(C)C)N1CCN(Cc2cccc(C)n2)C1=O. The van der Waals surface area contributed by atoms with Gasteiger partial charge in [0, 0.05) is 36.9 Å². The van der Waals surface area contributed by atoms with Crippen LogP contribution in [-0.2, 0) is 29.1 Å². The van der Waals surface area contributed by atoms with Crippen LogP contribution < -0.4 is 16.1 Å². The molecule has 54 heavy (non-hydrogen) atoms. The lowest BCUT2D eigenvalue weighted by atomic mass is 9.86. The maximum atomic E-state index is 14.4. The smallest absolute Gasteiger partial charge is 0.405 e. The van der Waals surface area contributed by atoms with E-state index in [-0.39, 0.29) is 31.5 Å². The van der Waals surface area contributed by atoms with Crippen LogP contribution in [0.3, 0.4) is 0 Å². The Morgan fingerprint density at radius 1 is 0.963 bits per heavy atom. The molecule has 14 heteroatoms. The number of hydrazine groups is 1. The van der Waals surface area contributed by atoms with Crippen LogP contribution >= 0.6 is 11.6 Å². The van der Waals surface area contributed by atoms with Crippen LogP contribution in [0.25, 0.3) is 0 Å². The lowest BCUT2D eigenvalue weighted by molar-refractivity contribution is -0.132. The molecule has 13 nitrogen and oxygen atoms in total. The molecule has 0 aliphatic carbocycles. The number of carboxylic acid groups (broad SMARTS) is 1. The maximum absolute atomic E-state index is 14.4. The normalized spacial score (nSPS) is 16.1. The molecular weight excluding hydrogens is 710 g/mol. The molecule has 0 bridgehead atoms. The number of hydrogen-bond acceptors (Lipinski definition) is 7. The van der Waals surface area contributed by atoms with E-state index in [0.717, 1.165) is 22.5 Å². The van der Waals surface area contributed by atoms with Crippen molar-refractivity contribution in [3.05, 3.63) is 100 Å². The van der Waals surface area contributed by atoms with Gasteiger partial charge >= 0.3 is 12.1 Å². The van der Waals surface area contributed by atoms with E-state index in [2.05, 4.69) is 21.0 Å². The Balaban J connectivity index is 1.60. The number of nitrogens with zero attached hydrogens (tertiary/aromatic N) is 4. The fourth-order valence-corrected chi connectivity index (χ4v) is 6.83. The van der Waals surface area contributed by atoms with Crippen LogP contribution in [0.15, 0.2) is 72.8 Å². The summed E-state index contributed by atoms with van der Waals surface area (Å²) in [6, 6.07) is 19.1. The fraction of sp³-hybridized carbons (Fsp3) is 0.475. The number of nitrogens with one attached hydrogen (secondary N) is 3. The van der Waals surface area contributed by atoms with Gasteiger partial charge in [-0.25, -0.2) is 14.6 Å². The van der Waals surface area contributed by atoms with Crippen molar-refractivity contribution < 1.29 is 29.4 Å². The van der Waals surface area contributed by atoms with E-state index in [1.807, 2.05) is 75.4 Å². The van der Waals surface area contributed by atoms with Gasteiger partial charge in [-0.15, -0.1) is 0 Å². The van der Waals surface area contributed by atoms with Gasteiger partial charge in [-0.3, -0.25) is 20.0 Å². The highest BCUT2D eigenvalue weighted by atomic mass is 35.5. The first kappa shape index (κ1) is 42.0. The van der Waals surface area contributed by atoms with E-state index >= 15 is 0 Å². The summed E-state index contributed by atoms with van der Waals surface area (Å²) in [5, 5.41) is 28.8. The summed E-state index contributed by atoms with van der Waals surface area (Å²) in [5.74, 6) is -1.20. The van der Waals surface area contributed by atoms with Crippen LogP contribution in [0.5, 0.6) is 0 Å². The molecule has 0 saturated carbocycles. The van der Waals surface area contributed by atoms with Crippen LogP contribution in [0.4, 0.5) is 9.59 Å². The second-order valence-electron chi connectivity index (χ2n) is 15.1. The molecule has 5 N–H and O–H groups in total. The van der Waals surface area contributed by atoms with Crippen molar-refractivity contribution in [2.75, 3.05) is 19.6 Å². The average molecular weight is 764 g/mol. The summed E-state index contributed by atoms with van der Waals surface area (Å²) in [6.07, 6.45) is -1.69. The molecule has 292 valence electrons. The molecule has 0 radical (unpaired) electrons. The summed E-state index contributed by atoms with van der Waals surface area (Å²) < 4.78 is 0. The molecular formula is C40H54ClN7O6. The zero-order valence-electron chi connectivity index (χ0n) is 32.0. The lowest BCUT2D eigenvalue weighted by Gasteiger charge is -2.36. The largest absolute Gasteiger partial charge is 0.465 e. The molecule has 0 unspecified atom stereocenters. The molecule has 5 amide bonds. The number of hydrogen-bond donors (Lipinski definition) is 5. The van der Waals surface area contributed by atoms with E-state index in [4.69, 9.17) is 11.6 Å². The number of carbonyl (C=O) groups is 4. The number of aryl methyl sites for hydroxylation is 1. The average Bonchev–Trinajstić information content (AvgIpc) is 3.45. The molecule has 2 heterocycles. The summed E-state index contributed by atoms with van der Waals surface area (Å²) in [7, 11) is 0. The van der Waals surface area contributed by atoms with E-state index in [1.54, 1.807) is 48.8 Å². The number of amides is 5. The van der Waals surface area contributed by atoms with Crippen molar-refractivity contribution in [3.63, 3.8) is 0 Å².